The van der Waals surface area contributed by atoms with Crippen LogP contribution in [0.3, 0.4) is 0 Å². The second-order valence-corrected chi connectivity index (χ2v) is 8.67. The molecule has 3 heterocycles. The van der Waals surface area contributed by atoms with Gasteiger partial charge in [0.2, 0.25) is 0 Å². The van der Waals surface area contributed by atoms with Crippen LogP contribution in [0.1, 0.15) is 17.3 Å². The summed E-state index contributed by atoms with van der Waals surface area (Å²) in [6, 6.07) is 31.6. The Balaban J connectivity index is 1.61. The topological polar surface area (TPSA) is 55.3 Å². The van der Waals surface area contributed by atoms with Crippen LogP contribution in [0.2, 0.25) is 0 Å². The van der Waals surface area contributed by atoms with Gasteiger partial charge in [0.15, 0.2) is 0 Å². The smallest absolute Gasteiger partial charge is 0.338 e. The minimum Gasteiger partial charge on any atom is -0.462 e. The fourth-order valence-electron chi connectivity index (χ4n) is 3.82. The fourth-order valence-corrected chi connectivity index (χ4v) is 4.54. The molecule has 0 spiro atoms. The first-order chi connectivity index (χ1) is 17.2. The maximum absolute atomic E-state index is 12.2. The number of hydrogen-bond donors (Lipinski definition) is 0. The predicted octanol–water partition coefficient (Wildman–Crippen LogP) is 7.52. The number of ether oxygens (including phenoxy) is 1. The van der Waals surface area contributed by atoms with Crippen molar-refractivity contribution in [1.82, 2.24) is 9.97 Å². The normalized spacial score (nSPS) is 10.7. The molecule has 172 valence electrons. The van der Waals surface area contributed by atoms with Gasteiger partial charge in [0, 0.05) is 22.4 Å². The molecule has 3 aromatic heterocycles. The molecule has 0 bridgehead atoms. The highest BCUT2D eigenvalue weighted by atomic mass is 32.1. The Labute approximate surface area is 208 Å². The highest BCUT2D eigenvalue weighted by Crippen LogP contribution is 2.37. The zero-order valence-corrected chi connectivity index (χ0v) is 20.0. The number of nitrogens with zero attached hydrogens (tertiary/aromatic N) is 3. The van der Waals surface area contributed by atoms with Crippen molar-refractivity contribution in [2.75, 3.05) is 11.5 Å². The van der Waals surface area contributed by atoms with E-state index in [2.05, 4.69) is 45.6 Å². The van der Waals surface area contributed by atoms with Crippen LogP contribution in [0.5, 0.6) is 0 Å². The van der Waals surface area contributed by atoms with Gasteiger partial charge in [-0.3, -0.25) is 9.88 Å². The monoisotopic (exact) mass is 477 g/mol. The number of hydrogen-bond acceptors (Lipinski definition) is 6. The van der Waals surface area contributed by atoms with Crippen LogP contribution in [-0.4, -0.2) is 22.5 Å². The first-order valence-electron chi connectivity index (χ1n) is 11.3. The molecule has 5 aromatic rings. The molecule has 6 heteroatoms. The van der Waals surface area contributed by atoms with Crippen molar-refractivity contribution in [2.45, 2.75) is 6.92 Å². The van der Waals surface area contributed by atoms with Crippen LogP contribution in [0, 0.1) is 0 Å². The van der Waals surface area contributed by atoms with Crippen molar-refractivity contribution in [1.29, 1.82) is 0 Å². The number of esters is 1. The Hall–Kier alpha value is -4.29. The summed E-state index contributed by atoms with van der Waals surface area (Å²) < 4.78 is 5.15. The average molecular weight is 478 g/mol. The van der Waals surface area contributed by atoms with E-state index < -0.39 is 0 Å². The summed E-state index contributed by atoms with van der Waals surface area (Å²) in [5.74, 6) is 0.418. The van der Waals surface area contributed by atoms with Gasteiger partial charge >= 0.3 is 5.97 Å². The van der Waals surface area contributed by atoms with E-state index in [0.717, 1.165) is 34.1 Å². The number of rotatable bonds is 7. The largest absolute Gasteiger partial charge is 0.462 e. The SMILES string of the molecule is CCOC(=O)c1ccc(N(c2cccc(-c3cccs3)c2)c2cccc(-c3ccccn3)n2)cc1. The van der Waals surface area contributed by atoms with E-state index in [1.54, 1.807) is 36.6 Å². The minimum atomic E-state index is -0.333. The summed E-state index contributed by atoms with van der Waals surface area (Å²) in [5, 5.41) is 2.08. The van der Waals surface area contributed by atoms with Gasteiger partial charge in [0.25, 0.3) is 0 Å². The van der Waals surface area contributed by atoms with Crippen molar-refractivity contribution < 1.29 is 9.53 Å². The zero-order chi connectivity index (χ0) is 24.0. The molecule has 0 radical (unpaired) electrons. The molecule has 0 aliphatic rings. The number of carbonyl (C=O) groups excluding carboxylic acids is 1. The van der Waals surface area contributed by atoms with Crippen LogP contribution >= 0.6 is 11.3 Å². The van der Waals surface area contributed by atoms with Gasteiger partial charge < -0.3 is 4.74 Å². The lowest BCUT2D eigenvalue weighted by Crippen LogP contribution is -2.12. The lowest BCUT2D eigenvalue weighted by atomic mass is 10.1. The molecule has 0 amide bonds. The van der Waals surface area contributed by atoms with Gasteiger partial charge in [-0.1, -0.05) is 30.3 Å². The number of aromatic nitrogens is 2. The van der Waals surface area contributed by atoms with Crippen LogP contribution in [-0.2, 0) is 4.74 Å². The van der Waals surface area contributed by atoms with Crippen molar-refractivity contribution >= 4 is 34.5 Å². The third kappa shape index (κ3) is 4.98. The highest BCUT2D eigenvalue weighted by Gasteiger charge is 2.17. The van der Waals surface area contributed by atoms with E-state index in [1.807, 2.05) is 54.6 Å². The quantitative estimate of drug-likeness (QED) is 0.227. The Kier molecular flexibility index (Phi) is 6.63. The Bertz CT molecular complexity index is 1420. The molecular weight excluding hydrogens is 454 g/mol. The highest BCUT2D eigenvalue weighted by molar-refractivity contribution is 7.13. The summed E-state index contributed by atoms with van der Waals surface area (Å²) in [7, 11) is 0. The molecule has 0 unspecified atom stereocenters. The molecule has 5 nitrogen and oxygen atoms in total. The van der Waals surface area contributed by atoms with Gasteiger partial charge in [0.1, 0.15) is 5.82 Å². The number of thiophene rings is 1. The third-order valence-electron chi connectivity index (χ3n) is 5.44. The Morgan fingerprint density at radius 3 is 2.43 bits per heavy atom. The third-order valence-corrected chi connectivity index (χ3v) is 6.36. The van der Waals surface area contributed by atoms with Crippen molar-refractivity contribution in [3.05, 3.63) is 114 Å². The summed E-state index contributed by atoms with van der Waals surface area (Å²) >= 11 is 1.70. The molecule has 5 rings (SSSR count). The first-order valence-corrected chi connectivity index (χ1v) is 12.2. The van der Waals surface area contributed by atoms with Gasteiger partial charge in [-0.15, -0.1) is 11.3 Å². The molecule has 0 N–H and O–H groups in total. The maximum atomic E-state index is 12.2. The van der Waals surface area contributed by atoms with Gasteiger partial charge in [-0.25, -0.2) is 9.78 Å². The van der Waals surface area contributed by atoms with Crippen LogP contribution in [0.15, 0.2) is 109 Å². The lowest BCUT2D eigenvalue weighted by Gasteiger charge is -2.25. The standard InChI is InChI=1S/C29H23N3O2S/c1-2-34-29(33)21-14-16-23(17-15-21)32(24-9-5-8-22(20-24)27-12-7-19-35-27)28-13-6-11-26(31-28)25-10-3-4-18-30-25/h3-20H,2H2,1H3. The van der Waals surface area contributed by atoms with Gasteiger partial charge in [-0.2, -0.15) is 0 Å². The molecule has 0 saturated heterocycles. The van der Waals surface area contributed by atoms with Crippen molar-refractivity contribution in [3.8, 4) is 21.8 Å². The van der Waals surface area contributed by atoms with Gasteiger partial charge in [-0.05, 0) is 84.6 Å². The number of pyridine rings is 2. The number of carbonyl (C=O) groups is 1. The van der Waals surface area contributed by atoms with Gasteiger partial charge in [0.05, 0.1) is 23.6 Å². The van der Waals surface area contributed by atoms with Crippen molar-refractivity contribution in [3.63, 3.8) is 0 Å². The molecule has 0 atom stereocenters. The second kappa shape index (κ2) is 10.3. The maximum Gasteiger partial charge on any atom is 0.338 e. The van der Waals surface area contributed by atoms with E-state index >= 15 is 0 Å². The van der Waals surface area contributed by atoms with E-state index in [-0.39, 0.29) is 5.97 Å². The van der Waals surface area contributed by atoms with Crippen molar-refractivity contribution in [2.24, 2.45) is 0 Å². The predicted molar refractivity (Wildman–Crippen MR) is 141 cm³/mol. The Morgan fingerprint density at radius 1 is 0.857 bits per heavy atom. The molecule has 0 saturated carbocycles. The fraction of sp³-hybridized carbons (Fsp3) is 0.0690. The Morgan fingerprint density at radius 2 is 1.69 bits per heavy atom. The molecule has 35 heavy (non-hydrogen) atoms. The van der Waals surface area contributed by atoms with Crippen LogP contribution < -0.4 is 4.90 Å². The molecular formula is C29H23N3O2S. The van der Waals surface area contributed by atoms with E-state index in [1.165, 1.54) is 4.88 Å². The summed E-state index contributed by atoms with van der Waals surface area (Å²) in [6.07, 6.45) is 1.76. The lowest BCUT2D eigenvalue weighted by molar-refractivity contribution is 0.0526. The zero-order valence-electron chi connectivity index (χ0n) is 19.2. The summed E-state index contributed by atoms with van der Waals surface area (Å²) in [4.78, 5) is 24.9. The number of benzene rings is 2. The molecule has 0 aliphatic heterocycles. The second-order valence-electron chi connectivity index (χ2n) is 7.73. The molecule has 0 aliphatic carbocycles. The van der Waals surface area contributed by atoms with Crippen LogP contribution in [0.25, 0.3) is 21.8 Å². The summed E-state index contributed by atoms with van der Waals surface area (Å²) in [6.45, 7) is 2.14. The average Bonchev–Trinajstić information content (AvgIpc) is 3.46. The minimum absolute atomic E-state index is 0.333. The van der Waals surface area contributed by atoms with E-state index in [9.17, 15) is 4.79 Å². The first kappa shape index (κ1) is 22.5. The van der Waals surface area contributed by atoms with E-state index in [0.29, 0.717) is 12.2 Å². The molecule has 2 aromatic carbocycles. The number of anilines is 3. The van der Waals surface area contributed by atoms with Crippen LogP contribution in [0.4, 0.5) is 17.2 Å². The van der Waals surface area contributed by atoms with E-state index in [4.69, 9.17) is 9.72 Å². The summed E-state index contributed by atoms with van der Waals surface area (Å²) in [5.41, 5.74) is 5.08. The molecule has 0 fully saturated rings.